The Kier molecular flexibility index (Phi) is 3.07. The number of nitrogens with zero attached hydrogens (tertiary/aromatic N) is 1. The van der Waals surface area contributed by atoms with Gasteiger partial charge in [-0.1, -0.05) is 66.2 Å². The lowest BCUT2D eigenvalue weighted by Crippen LogP contribution is -2.30. The molecule has 3 heterocycles. The number of aryl methyl sites for hydroxylation is 1. The number of hydrogen-bond acceptors (Lipinski definition) is 1. The first kappa shape index (κ1) is 15.1. The van der Waals surface area contributed by atoms with Crippen molar-refractivity contribution in [1.29, 1.82) is 0 Å². The van der Waals surface area contributed by atoms with Crippen molar-refractivity contribution in [2.75, 3.05) is 5.32 Å². The van der Waals surface area contributed by atoms with Gasteiger partial charge in [0.05, 0.1) is 6.04 Å². The summed E-state index contributed by atoms with van der Waals surface area (Å²) < 4.78 is 2.53. The fourth-order valence-electron chi connectivity index (χ4n) is 5.26. The molecule has 3 aromatic carbocycles. The maximum atomic E-state index is 3.88. The molecular formula is C25H22N2. The Morgan fingerprint density at radius 1 is 0.889 bits per heavy atom. The molecule has 6 rings (SSSR count). The van der Waals surface area contributed by atoms with Crippen LogP contribution in [-0.4, -0.2) is 4.57 Å². The number of hydrogen-bond donors (Lipinski definition) is 1. The van der Waals surface area contributed by atoms with Gasteiger partial charge in [0, 0.05) is 35.3 Å². The van der Waals surface area contributed by atoms with Crippen LogP contribution < -0.4 is 5.32 Å². The van der Waals surface area contributed by atoms with Gasteiger partial charge in [0.1, 0.15) is 0 Å². The van der Waals surface area contributed by atoms with E-state index in [2.05, 4.69) is 95.7 Å². The molecule has 0 spiro atoms. The Hall–Kier alpha value is -3.00. The lowest BCUT2D eigenvalue weighted by molar-refractivity contribution is 0.403. The quantitative estimate of drug-likeness (QED) is 0.454. The van der Waals surface area contributed by atoms with Crippen molar-refractivity contribution in [1.82, 2.24) is 4.57 Å². The zero-order chi connectivity index (χ0) is 18.0. The van der Waals surface area contributed by atoms with Crippen molar-refractivity contribution in [3.8, 4) is 0 Å². The molecule has 1 aromatic heterocycles. The van der Waals surface area contributed by atoms with E-state index in [1.165, 1.54) is 39.0 Å². The van der Waals surface area contributed by atoms with Gasteiger partial charge in [0.15, 0.2) is 0 Å². The highest BCUT2D eigenvalue weighted by Gasteiger charge is 2.43. The first-order valence-corrected chi connectivity index (χ1v) is 9.80. The first-order valence-electron chi connectivity index (χ1n) is 9.80. The summed E-state index contributed by atoms with van der Waals surface area (Å²) in [4.78, 5) is 0. The molecule has 0 unspecified atom stereocenters. The third-order valence-electron chi connectivity index (χ3n) is 6.42. The summed E-state index contributed by atoms with van der Waals surface area (Å²) in [7, 11) is 0. The van der Waals surface area contributed by atoms with Gasteiger partial charge in [-0.2, -0.15) is 0 Å². The summed E-state index contributed by atoms with van der Waals surface area (Å²) in [6.45, 7) is 3.26. The first-order chi connectivity index (χ1) is 13.3. The summed E-state index contributed by atoms with van der Waals surface area (Å²) in [6, 6.07) is 29.4. The van der Waals surface area contributed by atoms with E-state index in [0.717, 1.165) is 6.54 Å². The van der Waals surface area contributed by atoms with Crippen molar-refractivity contribution in [3.63, 3.8) is 0 Å². The van der Waals surface area contributed by atoms with Gasteiger partial charge >= 0.3 is 0 Å². The van der Waals surface area contributed by atoms with E-state index in [1.807, 2.05) is 0 Å². The number of benzene rings is 3. The molecule has 2 aliphatic heterocycles. The minimum Gasteiger partial charge on any atom is -0.376 e. The SMILES string of the molecule is Cc1ccc2c(c1)[C@H](c1ccccc1)[C@@H]1Cn3c(cc4ccccc43)[C@@H]1N2. The van der Waals surface area contributed by atoms with E-state index < -0.39 is 0 Å². The molecule has 2 aliphatic rings. The second-order valence-electron chi connectivity index (χ2n) is 8.00. The molecule has 0 aliphatic carbocycles. The molecule has 2 nitrogen and oxygen atoms in total. The molecule has 2 heteroatoms. The van der Waals surface area contributed by atoms with Gasteiger partial charge in [-0.25, -0.2) is 0 Å². The third kappa shape index (κ3) is 2.13. The van der Waals surface area contributed by atoms with E-state index in [4.69, 9.17) is 0 Å². The highest BCUT2D eigenvalue weighted by atomic mass is 15.1. The molecule has 0 bridgehead atoms. The molecule has 0 amide bonds. The van der Waals surface area contributed by atoms with Crippen LogP contribution in [0.4, 0.5) is 5.69 Å². The molecule has 4 aromatic rings. The van der Waals surface area contributed by atoms with Crippen LogP contribution in [0.3, 0.4) is 0 Å². The van der Waals surface area contributed by atoms with E-state index >= 15 is 0 Å². The second-order valence-corrected chi connectivity index (χ2v) is 8.00. The van der Waals surface area contributed by atoms with Crippen molar-refractivity contribution in [2.45, 2.75) is 25.4 Å². The molecule has 0 saturated heterocycles. The fraction of sp³-hybridized carbons (Fsp3) is 0.200. The highest BCUT2D eigenvalue weighted by Crippen LogP contribution is 2.52. The third-order valence-corrected chi connectivity index (χ3v) is 6.42. The number of anilines is 1. The van der Waals surface area contributed by atoms with Crippen LogP contribution in [0.2, 0.25) is 0 Å². The van der Waals surface area contributed by atoms with Crippen LogP contribution in [0.15, 0.2) is 78.9 Å². The fourth-order valence-corrected chi connectivity index (χ4v) is 5.26. The van der Waals surface area contributed by atoms with Gasteiger partial charge in [-0.3, -0.25) is 0 Å². The lowest BCUT2D eigenvalue weighted by Gasteiger charge is -2.37. The Balaban J connectivity index is 1.56. The summed E-state index contributed by atoms with van der Waals surface area (Å²) >= 11 is 0. The predicted octanol–water partition coefficient (Wildman–Crippen LogP) is 5.88. The Morgan fingerprint density at radius 3 is 2.59 bits per heavy atom. The van der Waals surface area contributed by atoms with E-state index in [0.29, 0.717) is 17.9 Å². The molecule has 0 saturated carbocycles. The van der Waals surface area contributed by atoms with E-state index in [9.17, 15) is 0 Å². The van der Waals surface area contributed by atoms with Crippen LogP contribution in [0.1, 0.15) is 34.3 Å². The largest absolute Gasteiger partial charge is 0.376 e. The van der Waals surface area contributed by atoms with Gasteiger partial charge in [0.2, 0.25) is 0 Å². The maximum Gasteiger partial charge on any atom is 0.0719 e. The summed E-state index contributed by atoms with van der Waals surface area (Å²) in [6.07, 6.45) is 0. The summed E-state index contributed by atoms with van der Waals surface area (Å²) in [5.74, 6) is 0.951. The van der Waals surface area contributed by atoms with Gasteiger partial charge in [-0.15, -0.1) is 0 Å². The van der Waals surface area contributed by atoms with Crippen LogP contribution in [0, 0.1) is 12.8 Å². The molecular weight excluding hydrogens is 328 g/mol. The maximum absolute atomic E-state index is 3.88. The number of nitrogens with one attached hydrogen (secondary N) is 1. The zero-order valence-electron chi connectivity index (χ0n) is 15.4. The van der Waals surface area contributed by atoms with Crippen LogP contribution >= 0.6 is 0 Å². The molecule has 3 atom stereocenters. The Labute approximate surface area is 159 Å². The number of para-hydroxylation sites is 1. The Bertz CT molecular complexity index is 1160. The van der Waals surface area contributed by atoms with Gasteiger partial charge < -0.3 is 9.88 Å². The summed E-state index contributed by atoms with van der Waals surface area (Å²) in [5.41, 5.74) is 8.27. The highest BCUT2D eigenvalue weighted by molar-refractivity contribution is 5.82. The van der Waals surface area contributed by atoms with Crippen molar-refractivity contribution in [3.05, 3.63) is 101 Å². The molecule has 0 fully saturated rings. The van der Waals surface area contributed by atoms with Crippen molar-refractivity contribution < 1.29 is 0 Å². The van der Waals surface area contributed by atoms with Crippen LogP contribution in [-0.2, 0) is 6.54 Å². The Morgan fingerprint density at radius 2 is 1.70 bits per heavy atom. The van der Waals surface area contributed by atoms with Gasteiger partial charge in [-0.05, 0) is 41.6 Å². The number of aromatic nitrogens is 1. The van der Waals surface area contributed by atoms with Crippen LogP contribution in [0.5, 0.6) is 0 Å². The van der Waals surface area contributed by atoms with E-state index in [1.54, 1.807) is 0 Å². The number of rotatable bonds is 1. The second kappa shape index (κ2) is 5.50. The molecule has 132 valence electrons. The standard InChI is InChI=1S/C25H22N2/c1-16-11-12-21-19(13-16)24(17-7-3-2-4-8-17)20-15-27-22-10-6-5-9-18(22)14-23(27)25(20)26-21/h2-14,20,24-26H,15H2,1H3/t20-,24-,25+/m0/s1. The molecule has 27 heavy (non-hydrogen) atoms. The minimum atomic E-state index is 0.359. The minimum absolute atomic E-state index is 0.359. The summed E-state index contributed by atoms with van der Waals surface area (Å²) in [5, 5.41) is 5.23. The molecule has 1 N–H and O–H groups in total. The lowest BCUT2D eigenvalue weighted by atomic mass is 9.74. The van der Waals surface area contributed by atoms with E-state index in [-0.39, 0.29) is 0 Å². The van der Waals surface area contributed by atoms with Crippen LogP contribution in [0.25, 0.3) is 10.9 Å². The topological polar surface area (TPSA) is 17.0 Å². The smallest absolute Gasteiger partial charge is 0.0719 e. The average Bonchev–Trinajstić information content (AvgIpc) is 3.23. The monoisotopic (exact) mass is 350 g/mol. The normalized spacial score (nSPS) is 22.8. The predicted molar refractivity (Wildman–Crippen MR) is 111 cm³/mol. The van der Waals surface area contributed by atoms with Crippen molar-refractivity contribution in [2.24, 2.45) is 5.92 Å². The average molecular weight is 350 g/mol. The van der Waals surface area contributed by atoms with Crippen molar-refractivity contribution >= 4 is 16.6 Å². The zero-order valence-corrected chi connectivity index (χ0v) is 15.4. The van der Waals surface area contributed by atoms with Gasteiger partial charge in [0.25, 0.3) is 0 Å². The number of fused-ring (bicyclic) bond motifs is 6. The molecule has 0 radical (unpaired) electrons.